The lowest BCUT2D eigenvalue weighted by Crippen LogP contribution is -1.99. The van der Waals surface area contributed by atoms with E-state index in [0.29, 0.717) is 12.5 Å². The van der Waals surface area contributed by atoms with E-state index in [9.17, 15) is 0 Å². The van der Waals surface area contributed by atoms with Crippen LogP contribution in [0.25, 0.3) is 11.5 Å². The van der Waals surface area contributed by atoms with Gasteiger partial charge in [0.1, 0.15) is 0 Å². The summed E-state index contributed by atoms with van der Waals surface area (Å²) in [4.78, 5) is 4.43. The Labute approximate surface area is 110 Å². The number of rotatable bonds is 2. The first kappa shape index (κ1) is 11.7. The van der Waals surface area contributed by atoms with Gasteiger partial charge in [0.05, 0.1) is 6.61 Å². The maximum absolute atomic E-state index is 5.99. The molecule has 0 radical (unpaired) electrons. The summed E-state index contributed by atoms with van der Waals surface area (Å²) in [5, 5.41) is 4.77. The van der Waals surface area contributed by atoms with E-state index in [-0.39, 0.29) is 5.92 Å². The Morgan fingerprint density at radius 1 is 1.39 bits per heavy atom. The second-order valence-corrected chi connectivity index (χ2v) is 4.89. The Morgan fingerprint density at radius 3 is 3.00 bits per heavy atom. The van der Waals surface area contributed by atoms with Crippen LogP contribution in [0.2, 0.25) is 5.02 Å². The molecule has 0 unspecified atom stereocenters. The highest BCUT2D eigenvalue weighted by atomic mass is 35.5. The third-order valence-electron chi connectivity index (χ3n) is 3.14. The molecule has 5 heteroatoms. The molecule has 0 bridgehead atoms. The number of hydrogen-bond donors (Lipinski definition) is 0. The molecule has 1 saturated heterocycles. The van der Waals surface area contributed by atoms with Gasteiger partial charge in [-0.25, -0.2) is 0 Å². The summed E-state index contributed by atoms with van der Waals surface area (Å²) in [6.07, 6.45) is 0.957. The first-order chi connectivity index (χ1) is 8.74. The summed E-state index contributed by atoms with van der Waals surface area (Å²) < 4.78 is 10.6. The number of ether oxygens (including phenoxy) is 1. The third-order valence-corrected chi connectivity index (χ3v) is 3.57. The van der Waals surface area contributed by atoms with Gasteiger partial charge in [-0.05, 0) is 37.1 Å². The lowest BCUT2D eigenvalue weighted by atomic mass is 10.1. The van der Waals surface area contributed by atoms with Crippen molar-refractivity contribution >= 4 is 11.6 Å². The fourth-order valence-corrected chi connectivity index (χ4v) is 2.15. The van der Waals surface area contributed by atoms with Gasteiger partial charge in [-0.15, -0.1) is 0 Å². The topological polar surface area (TPSA) is 48.2 Å². The second kappa shape index (κ2) is 4.71. The second-order valence-electron chi connectivity index (χ2n) is 4.48. The summed E-state index contributed by atoms with van der Waals surface area (Å²) >= 11 is 5.99. The molecule has 1 fully saturated rings. The average Bonchev–Trinajstić information content (AvgIpc) is 3.01. The van der Waals surface area contributed by atoms with Crippen molar-refractivity contribution in [3.8, 4) is 11.5 Å². The van der Waals surface area contributed by atoms with Crippen LogP contribution in [-0.2, 0) is 4.74 Å². The van der Waals surface area contributed by atoms with Crippen LogP contribution < -0.4 is 0 Å². The van der Waals surface area contributed by atoms with E-state index < -0.39 is 0 Å². The minimum Gasteiger partial charge on any atom is -0.381 e. The van der Waals surface area contributed by atoms with Gasteiger partial charge in [0.25, 0.3) is 5.89 Å². The van der Waals surface area contributed by atoms with Crippen molar-refractivity contribution in [1.82, 2.24) is 10.1 Å². The van der Waals surface area contributed by atoms with Crippen LogP contribution in [0.5, 0.6) is 0 Å². The van der Waals surface area contributed by atoms with E-state index in [1.165, 1.54) is 0 Å². The van der Waals surface area contributed by atoms with Gasteiger partial charge < -0.3 is 9.26 Å². The highest BCUT2D eigenvalue weighted by Gasteiger charge is 2.23. The monoisotopic (exact) mass is 264 g/mol. The highest BCUT2D eigenvalue weighted by Crippen LogP contribution is 2.27. The van der Waals surface area contributed by atoms with Gasteiger partial charge in [0.2, 0.25) is 0 Å². The molecule has 1 aliphatic rings. The molecule has 1 aromatic carbocycles. The van der Waals surface area contributed by atoms with E-state index in [2.05, 4.69) is 10.1 Å². The number of nitrogens with zero attached hydrogens (tertiary/aromatic N) is 2. The summed E-state index contributed by atoms with van der Waals surface area (Å²) in [6, 6.07) is 5.68. The molecule has 1 aliphatic heterocycles. The molecule has 0 amide bonds. The molecule has 4 nitrogen and oxygen atoms in total. The van der Waals surface area contributed by atoms with E-state index >= 15 is 0 Å². The molecule has 0 saturated carbocycles. The predicted molar refractivity (Wildman–Crippen MR) is 67.7 cm³/mol. The lowest BCUT2D eigenvalue weighted by Gasteiger charge is -1.99. The van der Waals surface area contributed by atoms with Crippen LogP contribution in [0.15, 0.2) is 22.7 Å². The Balaban J connectivity index is 1.89. The van der Waals surface area contributed by atoms with Crippen LogP contribution >= 0.6 is 11.6 Å². The van der Waals surface area contributed by atoms with Crippen molar-refractivity contribution in [3.05, 3.63) is 34.6 Å². The van der Waals surface area contributed by atoms with Gasteiger partial charge in [-0.2, -0.15) is 4.98 Å². The normalized spacial score (nSPS) is 19.3. The fraction of sp³-hybridized carbons (Fsp3) is 0.385. The minimum absolute atomic E-state index is 0.260. The molecule has 0 spiro atoms. The van der Waals surface area contributed by atoms with Gasteiger partial charge >= 0.3 is 0 Å². The highest BCUT2D eigenvalue weighted by molar-refractivity contribution is 6.31. The summed E-state index contributed by atoms with van der Waals surface area (Å²) in [6.45, 7) is 3.40. The third kappa shape index (κ3) is 2.13. The lowest BCUT2D eigenvalue weighted by molar-refractivity contribution is 0.192. The quantitative estimate of drug-likeness (QED) is 0.836. The summed E-state index contributed by atoms with van der Waals surface area (Å²) in [5.41, 5.74) is 1.90. The van der Waals surface area contributed by atoms with E-state index in [0.717, 1.165) is 35.0 Å². The van der Waals surface area contributed by atoms with Crippen molar-refractivity contribution in [1.29, 1.82) is 0 Å². The first-order valence-corrected chi connectivity index (χ1v) is 6.30. The number of aryl methyl sites for hydroxylation is 1. The van der Waals surface area contributed by atoms with Crippen molar-refractivity contribution in [2.24, 2.45) is 0 Å². The first-order valence-electron chi connectivity index (χ1n) is 5.92. The van der Waals surface area contributed by atoms with Crippen LogP contribution in [0, 0.1) is 6.92 Å². The summed E-state index contributed by atoms with van der Waals surface area (Å²) in [5.74, 6) is 1.53. The Bertz CT molecular complexity index is 562. The maximum Gasteiger partial charge on any atom is 0.257 e. The molecule has 2 aromatic rings. The Morgan fingerprint density at radius 2 is 2.28 bits per heavy atom. The van der Waals surface area contributed by atoms with Gasteiger partial charge in [0, 0.05) is 23.1 Å². The predicted octanol–water partition coefficient (Wildman–Crippen LogP) is 3.20. The molecule has 3 rings (SSSR count). The molecule has 94 valence electrons. The Kier molecular flexibility index (Phi) is 3.06. The summed E-state index contributed by atoms with van der Waals surface area (Å²) in [7, 11) is 0. The van der Waals surface area contributed by atoms with Gasteiger partial charge in [0.15, 0.2) is 5.82 Å². The zero-order chi connectivity index (χ0) is 12.5. The van der Waals surface area contributed by atoms with E-state index in [1.54, 1.807) is 0 Å². The SMILES string of the molecule is Cc1cc(-c2nc([C@H]3CCOC3)no2)ccc1Cl. The number of halogens is 1. The zero-order valence-electron chi connectivity index (χ0n) is 10.0. The standard InChI is InChI=1S/C13H13ClN2O2/c1-8-6-9(2-3-11(8)14)13-15-12(16-18-13)10-4-5-17-7-10/h2-3,6,10H,4-5,7H2,1H3/t10-/m0/s1. The molecular weight excluding hydrogens is 252 g/mol. The van der Waals surface area contributed by atoms with Crippen LogP contribution in [-0.4, -0.2) is 23.4 Å². The van der Waals surface area contributed by atoms with Gasteiger partial charge in [-0.3, -0.25) is 0 Å². The molecule has 0 aliphatic carbocycles. The molecule has 1 atom stereocenters. The zero-order valence-corrected chi connectivity index (χ0v) is 10.8. The van der Waals surface area contributed by atoms with Crippen molar-refractivity contribution in [3.63, 3.8) is 0 Å². The number of aromatic nitrogens is 2. The number of hydrogen-bond acceptors (Lipinski definition) is 4. The number of benzene rings is 1. The molecule has 1 aromatic heterocycles. The van der Waals surface area contributed by atoms with Gasteiger partial charge in [-0.1, -0.05) is 16.8 Å². The minimum atomic E-state index is 0.260. The van der Waals surface area contributed by atoms with Crippen molar-refractivity contribution in [2.75, 3.05) is 13.2 Å². The maximum atomic E-state index is 5.99. The van der Waals surface area contributed by atoms with Crippen LogP contribution in [0.4, 0.5) is 0 Å². The molecule has 18 heavy (non-hydrogen) atoms. The largest absolute Gasteiger partial charge is 0.381 e. The average molecular weight is 265 g/mol. The molecule has 2 heterocycles. The van der Waals surface area contributed by atoms with E-state index in [1.807, 2.05) is 25.1 Å². The van der Waals surface area contributed by atoms with E-state index in [4.69, 9.17) is 20.9 Å². The van der Waals surface area contributed by atoms with Crippen LogP contribution in [0.1, 0.15) is 23.7 Å². The molecular formula is C13H13ClN2O2. The van der Waals surface area contributed by atoms with Crippen molar-refractivity contribution < 1.29 is 9.26 Å². The van der Waals surface area contributed by atoms with Crippen LogP contribution in [0.3, 0.4) is 0 Å². The van der Waals surface area contributed by atoms with Crippen molar-refractivity contribution in [2.45, 2.75) is 19.3 Å². The Hall–Kier alpha value is -1.39. The smallest absolute Gasteiger partial charge is 0.257 e. The molecule has 0 N–H and O–H groups in total. The fourth-order valence-electron chi connectivity index (χ4n) is 2.03.